The van der Waals surface area contributed by atoms with Crippen LogP contribution in [0.15, 0.2) is 297 Å². The first-order valence-corrected chi connectivity index (χ1v) is 25.8. The quantitative estimate of drug-likeness (QED) is 0.140. The molecule has 0 saturated carbocycles. The Balaban J connectivity index is 0.000000122. The Bertz CT molecular complexity index is 3940. The van der Waals surface area contributed by atoms with E-state index < -0.39 is 0 Å². The van der Waals surface area contributed by atoms with Crippen LogP contribution in [0.4, 0.5) is 22.7 Å². The molecule has 0 bridgehead atoms. The minimum absolute atomic E-state index is 1.17. The number of nitrogens with zero attached hydrogens (tertiary/aromatic N) is 2. The van der Waals surface area contributed by atoms with Crippen LogP contribution in [0.25, 0.3) is 87.6 Å². The van der Waals surface area contributed by atoms with Crippen molar-refractivity contribution < 1.29 is 0 Å². The summed E-state index contributed by atoms with van der Waals surface area (Å²) in [6.45, 7) is 2.22. The van der Waals surface area contributed by atoms with Gasteiger partial charge in [-0.15, -0.1) is 0 Å². The van der Waals surface area contributed by atoms with Crippen LogP contribution in [0.5, 0.6) is 0 Å². The first-order chi connectivity index (χ1) is 37.0. The highest BCUT2D eigenvalue weighted by atomic mass is 15.1. The van der Waals surface area contributed by atoms with Gasteiger partial charge in [0, 0.05) is 42.2 Å². The second-order valence-electron chi connectivity index (χ2n) is 19.0. The fraction of sp³-hybridized carbons (Fsp3) is 0.0411. The summed E-state index contributed by atoms with van der Waals surface area (Å²) in [6, 6.07) is 105. The standard InChI is InChI=1S/C29H23N.C23H19N.C21H16/c1-30(28-17-13-24(14-18-28)22-7-3-2-4-8-22)29-19-15-25(16-20-29)27-12-11-23-9-5-6-10-26(23)21-27;1-24(23-13-7-11-20-10-5-6-12-22(20)23)21-16-14-19(15-17-21)18-8-3-2-4-9-18;1-15-17-11-5-7-13-19(17)21(16-9-3-2-4-10-16)20-14-8-6-12-18(15)20/h2-21H,1H3;2-17H,1H3;2-14H,1H3. The van der Waals surface area contributed by atoms with E-state index in [1.165, 1.54) is 116 Å². The molecule has 0 amide bonds. The molecule has 13 aromatic rings. The molecule has 0 N–H and O–H groups in total. The van der Waals surface area contributed by atoms with Crippen molar-refractivity contribution >= 4 is 65.8 Å². The van der Waals surface area contributed by atoms with Crippen molar-refractivity contribution in [1.29, 1.82) is 0 Å². The molecule has 0 aliphatic carbocycles. The van der Waals surface area contributed by atoms with Gasteiger partial charge in [-0.05, 0) is 143 Å². The van der Waals surface area contributed by atoms with Crippen molar-refractivity contribution in [2.75, 3.05) is 23.9 Å². The second-order valence-corrected chi connectivity index (χ2v) is 19.0. The summed E-state index contributed by atoms with van der Waals surface area (Å²) in [7, 11) is 4.24. The summed E-state index contributed by atoms with van der Waals surface area (Å²) in [5.41, 5.74) is 16.2. The van der Waals surface area contributed by atoms with Gasteiger partial charge in [0.1, 0.15) is 0 Å². The maximum Gasteiger partial charge on any atom is 0.0487 e. The fourth-order valence-corrected chi connectivity index (χ4v) is 10.3. The molecule has 0 aliphatic rings. The molecule has 0 spiro atoms. The summed E-state index contributed by atoms with van der Waals surface area (Å²) in [5.74, 6) is 0. The number of hydrogen-bond donors (Lipinski definition) is 0. The molecule has 0 atom stereocenters. The summed E-state index contributed by atoms with van der Waals surface area (Å²) in [5, 5.41) is 10.4. The van der Waals surface area contributed by atoms with E-state index in [4.69, 9.17) is 0 Å². The van der Waals surface area contributed by atoms with Gasteiger partial charge in [0.15, 0.2) is 0 Å². The van der Waals surface area contributed by atoms with Crippen molar-refractivity contribution in [2.24, 2.45) is 0 Å². The number of hydrogen-bond acceptors (Lipinski definition) is 2. The maximum atomic E-state index is 2.26. The summed E-state index contributed by atoms with van der Waals surface area (Å²) < 4.78 is 0. The summed E-state index contributed by atoms with van der Waals surface area (Å²) in [6.07, 6.45) is 0. The first kappa shape index (κ1) is 47.8. The molecule has 360 valence electrons. The molecule has 0 heterocycles. The molecule has 2 nitrogen and oxygen atoms in total. The van der Waals surface area contributed by atoms with Crippen molar-refractivity contribution in [3.8, 4) is 44.5 Å². The van der Waals surface area contributed by atoms with Crippen LogP contribution in [0.1, 0.15) is 5.56 Å². The van der Waals surface area contributed by atoms with Gasteiger partial charge < -0.3 is 9.80 Å². The highest BCUT2D eigenvalue weighted by Crippen LogP contribution is 2.39. The SMILES string of the molecule is CN(c1ccc(-c2ccccc2)cc1)c1ccc(-c2ccc3ccccc3c2)cc1.CN(c1ccc(-c2ccccc2)cc1)c1cccc2ccccc12.Cc1c2ccccc2c(-c2ccccc2)c2ccccc12. The topological polar surface area (TPSA) is 6.48 Å². The molecular weight excluding hydrogens is 905 g/mol. The molecule has 0 aromatic heterocycles. The van der Waals surface area contributed by atoms with E-state index in [2.05, 4.69) is 316 Å². The molecule has 2 heteroatoms. The molecule has 0 aliphatic heterocycles. The smallest absolute Gasteiger partial charge is 0.0487 e. The number of benzene rings is 13. The average molecular weight is 963 g/mol. The molecular formula is C73H58N2. The second kappa shape index (κ2) is 22.1. The zero-order valence-electron chi connectivity index (χ0n) is 42.7. The van der Waals surface area contributed by atoms with E-state index >= 15 is 0 Å². The van der Waals surface area contributed by atoms with Crippen LogP contribution in [0, 0.1) is 6.92 Å². The molecule has 0 unspecified atom stereocenters. The largest absolute Gasteiger partial charge is 0.345 e. The lowest BCUT2D eigenvalue weighted by atomic mass is 9.89. The Morgan fingerprint density at radius 2 is 0.573 bits per heavy atom. The Morgan fingerprint density at radius 1 is 0.227 bits per heavy atom. The first-order valence-electron chi connectivity index (χ1n) is 25.8. The van der Waals surface area contributed by atoms with Gasteiger partial charge in [-0.25, -0.2) is 0 Å². The average Bonchev–Trinajstić information content (AvgIpc) is 3.50. The van der Waals surface area contributed by atoms with E-state index in [0.29, 0.717) is 0 Å². The zero-order chi connectivity index (χ0) is 50.9. The molecule has 75 heavy (non-hydrogen) atoms. The minimum Gasteiger partial charge on any atom is -0.345 e. The third kappa shape index (κ3) is 10.4. The van der Waals surface area contributed by atoms with E-state index in [0.717, 1.165) is 0 Å². The van der Waals surface area contributed by atoms with E-state index in [1.54, 1.807) is 0 Å². The van der Waals surface area contributed by atoms with Gasteiger partial charge in [-0.2, -0.15) is 0 Å². The van der Waals surface area contributed by atoms with Crippen LogP contribution >= 0.6 is 0 Å². The van der Waals surface area contributed by atoms with Crippen LogP contribution in [0.2, 0.25) is 0 Å². The molecule has 13 aromatic carbocycles. The molecule has 0 fully saturated rings. The number of aryl methyl sites for hydroxylation is 1. The Labute approximate surface area is 441 Å². The van der Waals surface area contributed by atoms with Gasteiger partial charge in [0.25, 0.3) is 0 Å². The Hall–Kier alpha value is -9.50. The number of fused-ring (bicyclic) bond motifs is 4. The third-order valence-electron chi connectivity index (χ3n) is 14.5. The Morgan fingerprint density at radius 3 is 1.08 bits per heavy atom. The lowest BCUT2D eigenvalue weighted by Gasteiger charge is -2.21. The van der Waals surface area contributed by atoms with Crippen LogP contribution in [0.3, 0.4) is 0 Å². The van der Waals surface area contributed by atoms with Gasteiger partial charge in [0.05, 0.1) is 0 Å². The highest BCUT2D eigenvalue weighted by Gasteiger charge is 2.13. The van der Waals surface area contributed by atoms with Crippen LogP contribution in [-0.2, 0) is 0 Å². The molecule has 0 saturated heterocycles. The van der Waals surface area contributed by atoms with Crippen molar-refractivity contribution in [2.45, 2.75) is 6.92 Å². The van der Waals surface area contributed by atoms with Crippen molar-refractivity contribution in [1.82, 2.24) is 0 Å². The highest BCUT2D eigenvalue weighted by molar-refractivity contribution is 6.14. The third-order valence-corrected chi connectivity index (χ3v) is 14.5. The normalized spacial score (nSPS) is 10.9. The van der Waals surface area contributed by atoms with Crippen molar-refractivity contribution in [3.63, 3.8) is 0 Å². The molecule has 13 rings (SSSR count). The van der Waals surface area contributed by atoms with Gasteiger partial charge in [-0.1, -0.05) is 249 Å². The lowest BCUT2D eigenvalue weighted by Crippen LogP contribution is -2.09. The minimum atomic E-state index is 1.17. The van der Waals surface area contributed by atoms with Gasteiger partial charge in [-0.3, -0.25) is 0 Å². The van der Waals surface area contributed by atoms with E-state index in [-0.39, 0.29) is 0 Å². The summed E-state index contributed by atoms with van der Waals surface area (Å²) in [4.78, 5) is 4.47. The van der Waals surface area contributed by atoms with Gasteiger partial charge in [0.2, 0.25) is 0 Å². The van der Waals surface area contributed by atoms with Crippen LogP contribution < -0.4 is 9.80 Å². The van der Waals surface area contributed by atoms with E-state index in [1.807, 2.05) is 12.1 Å². The van der Waals surface area contributed by atoms with Crippen LogP contribution in [-0.4, -0.2) is 14.1 Å². The number of anilines is 4. The zero-order valence-corrected chi connectivity index (χ0v) is 42.7. The predicted molar refractivity (Wildman–Crippen MR) is 325 cm³/mol. The van der Waals surface area contributed by atoms with Gasteiger partial charge >= 0.3 is 0 Å². The monoisotopic (exact) mass is 962 g/mol. The predicted octanol–water partition coefficient (Wildman–Crippen LogP) is 20.2. The molecule has 0 radical (unpaired) electrons. The fourth-order valence-electron chi connectivity index (χ4n) is 10.3. The Kier molecular flexibility index (Phi) is 14.1. The summed E-state index contributed by atoms with van der Waals surface area (Å²) >= 11 is 0. The number of rotatable bonds is 8. The lowest BCUT2D eigenvalue weighted by molar-refractivity contribution is 1.21. The van der Waals surface area contributed by atoms with Crippen molar-refractivity contribution in [3.05, 3.63) is 303 Å². The van der Waals surface area contributed by atoms with E-state index in [9.17, 15) is 0 Å². The maximum absolute atomic E-state index is 2.26.